The van der Waals surface area contributed by atoms with Gasteiger partial charge in [0.1, 0.15) is 5.82 Å². The number of nitrogens with zero attached hydrogens (tertiary/aromatic N) is 2. The van der Waals surface area contributed by atoms with Gasteiger partial charge in [0.2, 0.25) is 5.91 Å². The zero-order valence-electron chi connectivity index (χ0n) is 14.5. The Kier molecular flexibility index (Phi) is 9.54. The van der Waals surface area contributed by atoms with Gasteiger partial charge in [-0.3, -0.25) is 4.79 Å². The normalized spacial score (nSPS) is 18.3. The van der Waals surface area contributed by atoms with Gasteiger partial charge in [-0.1, -0.05) is 12.1 Å². The third-order valence-corrected chi connectivity index (χ3v) is 5.05. The van der Waals surface area contributed by atoms with E-state index in [0.717, 1.165) is 19.5 Å². The van der Waals surface area contributed by atoms with Gasteiger partial charge in [-0.25, -0.2) is 4.39 Å². The van der Waals surface area contributed by atoms with Crippen molar-refractivity contribution in [2.45, 2.75) is 25.7 Å². The third-order valence-electron chi connectivity index (χ3n) is 5.05. The van der Waals surface area contributed by atoms with Crippen LogP contribution < -0.4 is 10.2 Å². The molecule has 7 heteroatoms. The molecule has 2 fully saturated rings. The SMILES string of the molecule is Cl.Cl.O=C(CCC1CCNCC1)N1CCN(c2ccccc2F)CC1. The molecule has 1 N–H and O–H groups in total. The first kappa shape index (κ1) is 22.0. The molecule has 1 aromatic rings. The molecular formula is C18H28Cl2FN3O. The number of carbonyl (C=O) groups is 1. The maximum atomic E-state index is 13.8. The Morgan fingerprint density at radius 1 is 1.08 bits per heavy atom. The van der Waals surface area contributed by atoms with Crippen LogP contribution in [0.4, 0.5) is 10.1 Å². The van der Waals surface area contributed by atoms with Crippen LogP contribution >= 0.6 is 24.8 Å². The Labute approximate surface area is 162 Å². The number of hydrogen-bond acceptors (Lipinski definition) is 3. The van der Waals surface area contributed by atoms with Crippen LogP contribution in [-0.4, -0.2) is 50.1 Å². The highest BCUT2D eigenvalue weighted by atomic mass is 35.5. The second-order valence-electron chi connectivity index (χ2n) is 6.55. The van der Waals surface area contributed by atoms with Crippen LogP contribution in [0.15, 0.2) is 24.3 Å². The molecule has 2 saturated heterocycles. The summed E-state index contributed by atoms with van der Waals surface area (Å²) in [6.45, 7) is 4.97. The summed E-state index contributed by atoms with van der Waals surface area (Å²) >= 11 is 0. The fourth-order valence-corrected chi connectivity index (χ4v) is 3.56. The molecule has 0 radical (unpaired) electrons. The number of nitrogens with one attached hydrogen (secondary N) is 1. The fraction of sp³-hybridized carbons (Fsp3) is 0.611. The summed E-state index contributed by atoms with van der Waals surface area (Å²) in [5.74, 6) is 0.773. The van der Waals surface area contributed by atoms with Gasteiger partial charge >= 0.3 is 0 Å². The molecule has 1 amide bonds. The summed E-state index contributed by atoms with van der Waals surface area (Å²) in [4.78, 5) is 16.3. The number of hydrogen-bond donors (Lipinski definition) is 1. The Hall–Kier alpha value is -1.04. The minimum absolute atomic E-state index is 0. The van der Waals surface area contributed by atoms with Gasteiger partial charge in [0.15, 0.2) is 0 Å². The zero-order valence-corrected chi connectivity index (χ0v) is 16.1. The molecule has 0 aromatic heterocycles. The van der Waals surface area contributed by atoms with Gasteiger partial charge in [-0.15, -0.1) is 24.8 Å². The van der Waals surface area contributed by atoms with Gasteiger partial charge < -0.3 is 15.1 Å². The van der Waals surface area contributed by atoms with Gasteiger partial charge in [-0.2, -0.15) is 0 Å². The summed E-state index contributed by atoms with van der Waals surface area (Å²) in [5, 5.41) is 3.36. The first-order chi connectivity index (χ1) is 11.2. The number of benzene rings is 1. The highest BCUT2D eigenvalue weighted by Gasteiger charge is 2.23. The molecule has 4 nitrogen and oxygen atoms in total. The molecule has 2 aliphatic heterocycles. The van der Waals surface area contributed by atoms with Crippen LogP contribution in [-0.2, 0) is 4.79 Å². The minimum atomic E-state index is -0.182. The first-order valence-corrected chi connectivity index (χ1v) is 8.72. The van der Waals surface area contributed by atoms with Crippen molar-refractivity contribution < 1.29 is 9.18 Å². The number of carbonyl (C=O) groups excluding carboxylic acids is 1. The van der Waals surface area contributed by atoms with E-state index in [1.54, 1.807) is 6.07 Å². The molecule has 142 valence electrons. The van der Waals surface area contributed by atoms with Crippen LogP contribution in [0.3, 0.4) is 0 Å². The molecule has 0 aliphatic carbocycles. The van der Waals surface area contributed by atoms with Crippen LogP contribution in [0.2, 0.25) is 0 Å². The monoisotopic (exact) mass is 391 g/mol. The zero-order chi connectivity index (χ0) is 16.1. The lowest BCUT2D eigenvalue weighted by Gasteiger charge is -2.36. The predicted molar refractivity (Wildman–Crippen MR) is 105 cm³/mol. The number of amides is 1. The standard InChI is InChI=1S/C18H26FN3O.2ClH/c19-16-3-1-2-4-17(16)21-11-13-22(14-12-21)18(23)6-5-15-7-9-20-10-8-15;;/h1-4,15,20H,5-14H2;2*1H. The lowest BCUT2D eigenvalue weighted by Crippen LogP contribution is -2.49. The largest absolute Gasteiger partial charge is 0.366 e. The van der Waals surface area contributed by atoms with E-state index in [2.05, 4.69) is 5.32 Å². The second kappa shape index (κ2) is 10.8. The maximum absolute atomic E-state index is 13.8. The Bertz CT molecular complexity index is 533. The van der Waals surface area contributed by atoms with E-state index in [1.807, 2.05) is 21.9 Å². The summed E-state index contributed by atoms with van der Waals surface area (Å²) in [5.41, 5.74) is 0.648. The van der Waals surface area contributed by atoms with E-state index in [0.29, 0.717) is 44.2 Å². The Morgan fingerprint density at radius 2 is 1.72 bits per heavy atom. The number of halogens is 3. The van der Waals surface area contributed by atoms with Crippen molar-refractivity contribution in [2.24, 2.45) is 5.92 Å². The summed E-state index contributed by atoms with van der Waals surface area (Å²) in [7, 11) is 0. The molecular weight excluding hydrogens is 364 g/mol. The van der Waals surface area contributed by atoms with Gasteiger partial charge in [0.25, 0.3) is 0 Å². The first-order valence-electron chi connectivity index (χ1n) is 8.72. The molecule has 3 rings (SSSR count). The average molecular weight is 392 g/mol. The lowest BCUT2D eigenvalue weighted by atomic mass is 9.93. The number of rotatable bonds is 4. The molecule has 0 unspecified atom stereocenters. The summed E-state index contributed by atoms with van der Waals surface area (Å²) in [6.07, 6.45) is 4.04. The maximum Gasteiger partial charge on any atom is 0.222 e. The molecule has 2 aliphatic rings. The number of para-hydroxylation sites is 1. The lowest BCUT2D eigenvalue weighted by molar-refractivity contribution is -0.131. The summed E-state index contributed by atoms with van der Waals surface area (Å²) in [6, 6.07) is 6.87. The fourth-order valence-electron chi connectivity index (χ4n) is 3.56. The van der Waals surface area contributed by atoms with Gasteiger partial charge in [0, 0.05) is 32.6 Å². The smallest absolute Gasteiger partial charge is 0.222 e. The molecule has 0 spiro atoms. The van der Waals surface area contributed by atoms with E-state index in [-0.39, 0.29) is 36.5 Å². The van der Waals surface area contributed by atoms with Crippen molar-refractivity contribution in [1.29, 1.82) is 0 Å². The van der Waals surface area contributed by atoms with Crippen molar-refractivity contribution in [2.75, 3.05) is 44.2 Å². The third kappa shape index (κ3) is 6.01. The second-order valence-corrected chi connectivity index (χ2v) is 6.55. The van der Waals surface area contributed by atoms with E-state index in [9.17, 15) is 9.18 Å². The Morgan fingerprint density at radius 3 is 2.36 bits per heavy atom. The Balaban J connectivity index is 0.00000156. The quantitative estimate of drug-likeness (QED) is 0.856. The van der Waals surface area contributed by atoms with Crippen molar-refractivity contribution in [3.63, 3.8) is 0 Å². The highest BCUT2D eigenvalue weighted by molar-refractivity contribution is 5.85. The van der Waals surface area contributed by atoms with Crippen molar-refractivity contribution in [1.82, 2.24) is 10.2 Å². The van der Waals surface area contributed by atoms with Crippen LogP contribution in [0.25, 0.3) is 0 Å². The minimum Gasteiger partial charge on any atom is -0.366 e. The summed E-state index contributed by atoms with van der Waals surface area (Å²) < 4.78 is 13.8. The number of piperidine rings is 1. The van der Waals surface area contributed by atoms with Gasteiger partial charge in [-0.05, 0) is 50.4 Å². The van der Waals surface area contributed by atoms with Crippen molar-refractivity contribution in [3.05, 3.63) is 30.1 Å². The molecule has 0 bridgehead atoms. The molecule has 25 heavy (non-hydrogen) atoms. The number of anilines is 1. The molecule has 1 aromatic carbocycles. The average Bonchev–Trinajstić information content (AvgIpc) is 2.61. The van der Waals surface area contributed by atoms with Crippen molar-refractivity contribution in [3.8, 4) is 0 Å². The molecule has 0 atom stereocenters. The van der Waals surface area contributed by atoms with E-state index < -0.39 is 0 Å². The highest BCUT2D eigenvalue weighted by Crippen LogP contribution is 2.21. The van der Waals surface area contributed by atoms with Crippen LogP contribution in [0, 0.1) is 11.7 Å². The van der Waals surface area contributed by atoms with E-state index >= 15 is 0 Å². The van der Waals surface area contributed by atoms with Gasteiger partial charge in [0.05, 0.1) is 5.69 Å². The van der Waals surface area contributed by atoms with Crippen molar-refractivity contribution >= 4 is 36.4 Å². The van der Waals surface area contributed by atoms with Crippen LogP contribution in [0.5, 0.6) is 0 Å². The van der Waals surface area contributed by atoms with E-state index in [1.165, 1.54) is 18.9 Å². The topological polar surface area (TPSA) is 35.6 Å². The molecule has 0 saturated carbocycles. The van der Waals surface area contributed by atoms with E-state index in [4.69, 9.17) is 0 Å². The predicted octanol–water partition coefficient (Wildman–Crippen LogP) is 3.10. The molecule has 2 heterocycles. The van der Waals surface area contributed by atoms with Crippen LogP contribution in [0.1, 0.15) is 25.7 Å². The number of piperazine rings is 1.